The number of hydrogen-bond donors (Lipinski definition) is 0. The maximum Gasteiger partial charge on any atom is 0.0491 e. The van der Waals surface area contributed by atoms with E-state index in [9.17, 15) is 0 Å². The van der Waals surface area contributed by atoms with Gasteiger partial charge in [-0.1, -0.05) is 65.7 Å². The van der Waals surface area contributed by atoms with Gasteiger partial charge in [0.25, 0.3) is 0 Å². The van der Waals surface area contributed by atoms with Crippen molar-refractivity contribution >= 4 is 0 Å². The molecule has 16 heavy (non-hydrogen) atoms. The molecule has 0 aromatic heterocycles. The third kappa shape index (κ3) is 12.0. The van der Waals surface area contributed by atoms with Crippen LogP contribution in [-0.2, 0) is 4.74 Å². The van der Waals surface area contributed by atoms with Crippen LogP contribution in [0.2, 0.25) is 0 Å². The molecule has 0 amide bonds. The Hall–Kier alpha value is -0.0400. The molecule has 1 heteroatoms. The van der Waals surface area contributed by atoms with Crippen LogP contribution in [0.5, 0.6) is 0 Å². The Labute approximate surface area is 103 Å². The molecule has 0 aliphatic carbocycles. The average Bonchev–Trinajstić information content (AvgIpc) is 2.30. The Bertz CT molecular complexity index is 123. The monoisotopic (exact) mass is 228 g/mol. The average molecular weight is 228 g/mol. The molecule has 98 valence electrons. The second-order valence-electron chi connectivity index (χ2n) is 5.09. The first kappa shape index (κ1) is 16.0. The molecule has 0 aliphatic rings. The quantitative estimate of drug-likeness (QED) is 0.418. The molecule has 0 bridgehead atoms. The number of unbranched alkanes of at least 4 members (excludes halogenated alkanes) is 6. The highest BCUT2D eigenvalue weighted by Crippen LogP contribution is 2.09. The molecule has 0 aromatic carbocycles. The van der Waals surface area contributed by atoms with Gasteiger partial charge >= 0.3 is 0 Å². The largest absolute Gasteiger partial charge is 0.381 e. The molecule has 0 rings (SSSR count). The number of rotatable bonds is 12. The number of hydrogen-bond acceptors (Lipinski definition) is 1. The van der Waals surface area contributed by atoms with E-state index in [2.05, 4.69) is 20.8 Å². The SMILES string of the molecule is CCCCCCCCOCC(C)CCCC. The van der Waals surface area contributed by atoms with Crippen molar-refractivity contribution in [2.24, 2.45) is 5.92 Å². The summed E-state index contributed by atoms with van der Waals surface area (Å²) in [6.07, 6.45) is 12.1. The summed E-state index contributed by atoms with van der Waals surface area (Å²) in [6.45, 7) is 8.76. The molecular formula is C15H32O. The summed E-state index contributed by atoms with van der Waals surface area (Å²) < 4.78 is 5.70. The fourth-order valence-electron chi connectivity index (χ4n) is 1.90. The lowest BCUT2D eigenvalue weighted by molar-refractivity contribution is 0.0978. The van der Waals surface area contributed by atoms with Gasteiger partial charge in [0, 0.05) is 13.2 Å². The molecule has 0 aliphatic heterocycles. The van der Waals surface area contributed by atoms with E-state index in [0.29, 0.717) is 0 Å². The van der Waals surface area contributed by atoms with Gasteiger partial charge in [0.2, 0.25) is 0 Å². The Balaban J connectivity index is 3.02. The lowest BCUT2D eigenvalue weighted by Crippen LogP contribution is -2.06. The van der Waals surface area contributed by atoms with E-state index in [1.165, 1.54) is 57.8 Å². The third-order valence-corrected chi connectivity index (χ3v) is 3.10. The van der Waals surface area contributed by atoms with E-state index in [0.717, 1.165) is 19.1 Å². The van der Waals surface area contributed by atoms with E-state index in [1.807, 2.05) is 0 Å². The van der Waals surface area contributed by atoms with Crippen molar-refractivity contribution in [3.05, 3.63) is 0 Å². The minimum atomic E-state index is 0.750. The lowest BCUT2D eigenvalue weighted by Gasteiger charge is -2.11. The van der Waals surface area contributed by atoms with Crippen LogP contribution in [0.15, 0.2) is 0 Å². The maximum absolute atomic E-state index is 5.70. The number of ether oxygens (including phenoxy) is 1. The first-order chi connectivity index (χ1) is 7.81. The predicted molar refractivity (Wildman–Crippen MR) is 72.9 cm³/mol. The summed E-state index contributed by atoms with van der Waals surface area (Å²) in [5.41, 5.74) is 0. The van der Waals surface area contributed by atoms with Crippen molar-refractivity contribution in [1.82, 2.24) is 0 Å². The van der Waals surface area contributed by atoms with E-state index in [1.54, 1.807) is 0 Å². The molecule has 0 saturated carbocycles. The minimum absolute atomic E-state index is 0.750. The topological polar surface area (TPSA) is 9.23 Å². The molecular weight excluding hydrogens is 196 g/mol. The van der Waals surface area contributed by atoms with Gasteiger partial charge in [0.15, 0.2) is 0 Å². The third-order valence-electron chi connectivity index (χ3n) is 3.10. The zero-order valence-corrected chi connectivity index (χ0v) is 11.8. The zero-order chi connectivity index (χ0) is 12.1. The fourth-order valence-corrected chi connectivity index (χ4v) is 1.90. The first-order valence-corrected chi connectivity index (χ1v) is 7.39. The van der Waals surface area contributed by atoms with Crippen LogP contribution in [0.3, 0.4) is 0 Å². The molecule has 1 atom stereocenters. The van der Waals surface area contributed by atoms with Crippen LogP contribution in [0.25, 0.3) is 0 Å². The van der Waals surface area contributed by atoms with Gasteiger partial charge in [-0.3, -0.25) is 0 Å². The summed E-state index contributed by atoms with van der Waals surface area (Å²) in [4.78, 5) is 0. The van der Waals surface area contributed by atoms with Crippen LogP contribution >= 0.6 is 0 Å². The van der Waals surface area contributed by atoms with E-state index in [4.69, 9.17) is 4.74 Å². The van der Waals surface area contributed by atoms with Crippen molar-refractivity contribution in [3.8, 4) is 0 Å². The van der Waals surface area contributed by atoms with Crippen molar-refractivity contribution in [3.63, 3.8) is 0 Å². The molecule has 1 unspecified atom stereocenters. The van der Waals surface area contributed by atoms with Gasteiger partial charge in [0.1, 0.15) is 0 Å². The van der Waals surface area contributed by atoms with Gasteiger partial charge in [-0.2, -0.15) is 0 Å². The van der Waals surface area contributed by atoms with Crippen molar-refractivity contribution in [2.45, 2.75) is 78.6 Å². The Kier molecular flexibility index (Phi) is 13.0. The van der Waals surface area contributed by atoms with Crippen molar-refractivity contribution in [1.29, 1.82) is 0 Å². The summed E-state index contributed by atoms with van der Waals surface area (Å²) in [5, 5.41) is 0. The van der Waals surface area contributed by atoms with Crippen LogP contribution < -0.4 is 0 Å². The van der Waals surface area contributed by atoms with Crippen LogP contribution in [0.4, 0.5) is 0 Å². The first-order valence-electron chi connectivity index (χ1n) is 7.39. The molecule has 0 fully saturated rings. The molecule has 0 spiro atoms. The van der Waals surface area contributed by atoms with Gasteiger partial charge in [0.05, 0.1) is 0 Å². The minimum Gasteiger partial charge on any atom is -0.381 e. The maximum atomic E-state index is 5.70. The predicted octanol–water partition coefficient (Wildman–Crippen LogP) is 5.19. The molecule has 1 nitrogen and oxygen atoms in total. The van der Waals surface area contributed by atoms with Gasteiger partial charge in [-0.05, 0) is 18.8 Å². The van der Waals surface area contributed by atoms with Crippen molar-refractivity contribution < 1.29 is 4.74 Å². The Morgan fingerprint density at radius 3 is 2.12 bits per heavy atom. The standard InChI is InChI=1S/C15H32O/c1-4-6-8-9-10-11-13-16-14-15(3)12-7-5-2/h15H,4-14H2,1-3H3. The van der Waals surface area contributed by atoms with Crippen molar-refractivity contribution in [2.75, 3.05) is 13.2 Å². The second kappa shape index (κ2) is 13.0. The highest BCUT2D eigenvalue weighted by atomic mass is 16.5. The van der Waals surface area contributed by atoms with Crippen LogP contribution in [0, 0.1) is 5.92 Å². The fraction of sp³-hybridized carbons (Fsp3) is 1.00. The molecule has 0 saturated heterocycles. The summed E-state index contributed by atoms with van der Waals surface area (Å²) in [7, 11) is 0. The zero-order valence-electron chi connectivity index (χ0n) is 11.8. The summed E-state index contributed by atoms with van der Waals surface area (Å²) in [5.74, 6) is 0.750. The van der Waals surface area contributed by atoms with Gasteiger partial charge in [-0.15, -0.1) is 0 Å². The van der Waals surface area contributed by atoms with E-state index >= 15 is 0 Å². The highest BCUT2D eigenvalue weighted by Gasteiger charge is 2.00. The van der Waals surface area contributed by atoms with E-state index < -0.39 is 0 Å². The molecule has 0 radical (unpaired) electrons. The summed E-state index contributed by atoms with van der Waals surface area (Å²) in [6, 6.07) is 0. The van der Waals surface area contributed by atoms with E-state index in [-0.39, 0.29) is 0 Å². The van der Waals surface area contributed by atoms with Gasteiger partial charge < -0.3 is 4.74 Å². The molecule has 0 heterocycles. The normalized spacial score (nSPS) is 12.9. The van der Waals surface area contributed by atoms with Crippen LogP contribution in [-0.4, -0.2) is 13.2 Å². The second-order valence-corrected chi connectivity index (χ2v) is 5.09. The highest BCUT2D eigenvalue weighted by molar-refractivity contribution is 4.51. The molecule has 0 aromatic rings. The lowest BCUT2D eigenvalue weighted by atomic mass is 10.1. The smallest absolute Gasteiger partial charge is 0.0491 e. The Morgan fingerprint density at radius 2 is 1.44 bits per heavy atom. The Morgan fingerprint density at radius 1 is 0.812 bits per heavy atom. The van der Waals surface area contributed by atoms with Gasteiger partial charge in [-0.25, -0.2) is 0 Å². The van der Waals surface area contributed by atoms with Crippen LogP contribution in [0.1, 0.15) is 78.6 Å². The summed E-state index contributed by atoms with van der Waals surface area (Å²) >= 11 is 0. The molecule has 0 N–H and O–H groups in total.